The molecule has 2 aromatic carbocycles. The van der Waals surface area contributed by atoms with Crippen molar-refractivity contribution in [3.8, 4) is 17.1 Å². The summed E-state index contributed by atoms with van der Waals surface area (Å²) >= 11 is 0. The average Bonchev–Trinajstić information content (AvgIpc) is 3.29. The number of amides is 3. The summed E-state index contributed by atoms with van der Waals surface area (Å²) in [6, 6.07) is 8.87. The Morgan fingerprint density at radius 3 is 2.77 bits per heavy atom. The second kappa shape index (κ2) is 7.21. The van der Waals surface area contributed by atoms with Crippen LogP contribution in [0.3, 0.4) is 0 Å². The van der Waals surface area contributed by atoms with Gasteiger partial charge in [0.1, 0.15) is 29.5 Å². The molecule has 30 heavy (non-hydrogen) atoms. The first-order valence-electron chi connectivity index (χ1n) is 8.88. The molecule has 10 heteroatoms. The highest BCUT2D eigenvalue weighted by Crippen LogP contribution is 2.32. The molecule has 154 valence electrons. The lowest BCUT2D eigenvalue weighted by Gasteiger charge is -2.22. The minimum Gasteiger partial charge on any atom is -0.497 e. The van der Waals surface area contributed by atoms with Crippen LogP contribution in [-0.2, 0) is 16.9 Å². The van der Waals surface area contributed by atoms with Gasteiger partial charge in [-0.1, -0.05) is 17.3 Å². The maximum Gasteiger partial charge on any atom is 0.325 e. The van der Waals surface area contributed by atoms with E-state index in [1.54, 1.807) is 24.3 Å². The minimum absolute atomic E-state index is 0.000263. The summed E-state index contributed by atoms with van der Waals surface area (Å²) in [7, 11) is 1.52. The van der Waals surface area contributed by atoms with Crippen LogP contribution in [0.25, 0.3) is 11.4 Å². The van der Waals surface area contributed by atoms with Crippen molar-refractivity contribution < 1.29 is 27.6 Å². The Morgan fingerprint density at radius 2 is 2.00 bits per heavy atom. The van der Waals surface area contributed by atoms with E-state index in [-0.39, 0.29) is 23.8 Å². The molecule has 0 aliphatic carbocycles. The van der Waals surface area contributed by atoms with Crippen LogP contribution in [0.2, 0.25) is 0 Å². The van der Waals surface area contributed by atoms with Gasteiger partial charge in [0.2, 0.25) is 11.7 Å². The third kappa shape index (κ3) is 3.25. The van der Waals surface area contributed by atoms with Gasteiger partial charge in [-0.05, 0) is 37.3 Å². The Balaban J connectivity index is 1.59. The molecule has 0 spiro atoms. The van der Waals surface area contributed by atoms with Crippen LogP contribution in [0.5, 0.6) is 5.75 Å². The summed E-state index contributed by atoms with van der Waals surface area (Å²) in [5, 5.41) is 6.27. The molecule has 1 saturated heterocycles. The molecular formula is C20H16F2N4O4. The number of hydrogen-bond donors (Lipinski definition) is 1. The van der Waals surface area contributed by atoms with Gasteiger partial charge in [0, 0.05) is 11.1 Å². The van der Waals surface area contributed by atoms with Gasteiger partial charge in [-0.2, -0.15) is 4.98 Å². The Kier molecular flexibility index (Phi) is 4.69. The number of urea groups is 1. The monoisotopic (exact) mass is 414 g/mol. The number of hydrogen-bond acceptors (Lipinski definition) is 6. The molecule has 0 radical (unpaired) electrons. The van der Waals surface area contributed by atoms with Crippen LogP contribution in [0.15, 0.2) is 47.0 Å². The molecule has 2 heterocycles. The third-order valence-corrected chi connectivity index (χ3v) is 4.83. The number of aromatic nitrogens is 2. The summed E-state index contributed by atoms with van der Waals surface area (Å²) in [5.74, 6) is -1.46. The van der Waals surface area contributed by atoms with Crippen molar-refractivity contribution in [2.45, 2.75) is 19.0 Å². The highest BCUT2D eigenvalue weighted by atomic mass is 19.1. The predicted octanol–water partition coefficient (Wildman–Crippen LogP) is 2.99. The van der Waals surface area contributed by atoms with Crippen LogP contribution in [-0.4, -0.2) is 34.1 Å². The van der Waals surface area contributed by atoms with E-state index in [0.29, 0.717) is 11.3 Å². The van der Waals surface area contributed by atoms with E-state index in [4.69, 9.17) is 9.26 Å². The molecular weight excluding hydrogens is 398 g/mol. The number of ether oxygens (including phenoxy) is 1. The summed E-state index contributed by atoms with van der Waals surface area (Å²) in [6.45, 7) is 0.981. The van der Waals surface area contributed by atoms with E-state index in [1.165, 1.54) is 14.0 Å². The van der Waals surface area contributed by atoms with Gasteiger partial charge in [0.05, 0.1) is 7.11 Å². The van der Waals surface area contributed by atoms with E-state index < -0.39 is 29.1 Å². The van der Waals surface area contributed by atoms with E-state index in [9.17, 15) is 18.4 Å². The summed E-state index contributed by atoms with van der Waals surface area (Å²) in [5.41, 5.74) is -1.42. The first kappa shape index (κ1) is 19.5. The standard InChI is InChI=1S/C20H16F2N4O4/c1-20(14-9-12(21)6-7-15(14)22)18(27)26(19(28)24-20)10-16-23-17(25-30-16)11-4-3-5-13(8-11)29-2/h3-9H,10H2,1-2H3,(H,24,28)/t20-/m0/s1. The Bertz CT molecular complexity index is 1150. The van der Waals surface area contributed by atoms with E-state index >= 15 is 0 Å². The number of nitrogens with zero attached hydrogens (tertiary/aromatic N) is 3. The van der Waals surface area contributed by atoms with Crippen LogP contribution in [0.1, 0.15) is 18.4 Å². The van der Waals surface area contributed by atoms with E-state index in [2.05, 4.69) is 15.5 Å². The molecule has 0 bridgehead atoms. The largest absolute Gasteiger partial charge is 0.497 e. The maximum atomic E-state index is 14.2. The van der Waals surface area contributed by atoms with Crippen molar-refractivity contribution in [3.05, 3.63) is 65.6 Å². The number of nitrogens with one attached hydrogen (secondary N) is 1. The second-order valence-electron chi connectivity index (χ2n) is 6.81. The summed E-state index contributed by atoms with van der Waals surface area (Å²) in [4.78, 5) is 30.3. The lowest BCUT2D eigenvalue weighted by atomic mass is 9.91. The molecule has 8 nitrogen and oxygen atoms in total. The molecule has 1 aromatic heterocycles. The molecule has 3 aromatic rings. The predicted molar refractivity (Wildman–Crippen MR) is 99.1 cm³/mol. The van der Waals surface area contributed by atoms with Gasteiger partial charge >= 0.3 is 6.03 Å². The van der Waals surface area contributed by atoms with Crippen molar-refractivity contribution in [3.63, 3.8) is 0 Å². The van der Waals surface area contributed by atoms with Gasteiger partial charge in [-0.25, -0.2) is 13.6 Å². The highest BCUT2D eigenvalue weighted by molar-refractivity contribution is 6.07. The fraction of sp³-hybridized carbons (Fsp3) is 0.200. The van der Waals surface area contributed by atoms with Crippen molar-refractivity contribution in [2.75, 3.05) is 7.11 Å². The van der Waals surface area contributed by atoms with Gasteiger partial charge in [-0.15, -0.1) is 0 Å². The van der Waals surface area contributed by atoms with E-state index in [0.717, 1.165) is 23.1 Å². The van der Waals surface area contributed by atoms with Crippen LogP contribution in [0.4, 0.5) is 13.6 Å². The molecule has 1 atom stereocenters. The molecule has 1 aliphatic heterocycles. The molecule has 0 saturated carbocycles. The Hall–Kier alpha value is -3.82. The van der Waals surface area contributed by atoms with Crippen molar-refractivity contribution in [1.82, 2.24) is 20.4 Å². The Morgan fingerprint density at radius 1 is 1.20 bits per heavy atom. The van der Waals surface area contributed by atoms with Crippen molar-refractivity contribution >= 4 is 11.9 Å². The smallest absolute Gasteiger partial charge is 0.325 e. The van der Waals surface area contributed by atoms with Crippen molar-refractivity contribution in [2.24, 2.45) is 0 Å². The van der Waals surface area contributed by atoms with Gasteiger partial charge in [-0.3, -0.25) is 9.69 Å². The van der Waals surface area contributed by atoms with Crippen LogP contribution in [0, 0.1) is 11.6 Å². The summed E-state index contributed by atoms with van der Waals surface area (Å²) < 4.78 is 38.2. The zero-order valence-electron chi connectivity index (χ0n) is 16.0. The SMILES string of the molecule is COc1cccc(-c2noc(CN3C(=O)N[C@@](C)(c4cc(F)ccc4F)C3=O)n2)c1. The number of benzene rings is 2. The lowest BCUT2D eigenvalue weighted by Crippen LogP contribution is -2.41. The number of methoxy groups -OCH3 is 1. The molecule has 1 aliphatic rings. The fourth-order valence-electron chi connectivity index (χ4n) is 3.24. The molecule has 1 N–H and O–H groups in total. The molecule has 0 unspecified atom stereocenters. The van der Waals surface area contributed by atoms with E-state index in [1.807, 2.05) is 0 Å². The average molecular weight is 414 g/mol. The quantitative estimate of drug-likeness (QED) is 0.645. The number of rotatable bonds is 5. The second-order valence-corrected chi connectivity index (χ2v) is 6.81. The normalized spacial score (nSPS) is 18.6. The number of carbonyl (C=O) groups excluding carboxylic acids is 2. The minimum atomic E-state index is -1.76. The molecule has 4 rings (SSSR count). The number of carbonyl (C=O) groups is 2. The first-order valence-corrected chi connectivity index (χ1v) is 8.88. The Labute approximate surface area is 169 Å². The fourth-order valence-corrected chi connectivity index (χ4v) is 3.24. The zero-order chi connectivity index (χ0) is 21.5. The zero-order valence-corrected chi connectivity index (χ0v) is 16.0. The number of halogens is 2. The first-order chi connectivity index (χ1) is 14.3. The van der Waals surface area contributed by atoms with Gasteiger partial charge < -0.3 is 14.6 Å². The molecule has 1 fully saturated rings. The highest BCUT2D eigenvalue weighted by Gasteiger charge is 2.50. The molecule has 3 amide bonds. The number of imide groups is 1. The van der Waals surface area contributed by atoms with Crippen LogP contribution >= 0.6 is 0 Å². The van der Waals surface area contributed by atoms with Crippen molar-refractivity contribution in [1.29, 1.82) is 0 Å². The summed E-state index contributed by atoms with van der Waals surface area (Å²) in [6.07, 6.45) is 0. The maximum absolute atomic E-state index is 14.2. The topological polar surface area (TPSA) is 97.6 Å². The lowest BCUT2D eigenvalue weighted by molar-refractivity contribution is -0.131. The van der Waals surface area contributed by atoms with Crippen LogP contribution < -0.4 is 10.1 Å². The third-order valence-electron chi connectivity index (χ3n) is 4.83. The van der Waals surface area contributed by atoms with Gasteiger partial charge in [0.15, 0.2) is 0 Å². The van der Waals surface area contributed by atoms with Gasteiger partial charge in [0.25, 0.3) is 5.91 Å².